The van der Waals surface area contributed by atoms with Gasteiger partial charge in [0, 0.05) is 18.7 Å². The molecule has 0 fully saturated rings. The molecular formula is C12H18ClN3O2S. The quantitative estimate of drug-likeness (QED) is 0.881. The highest BCUT2D eigenvalue weighted by Crippen LogP contribution is 2.16. The molecule has 0 aromatic heterocycles. The molecule has 0 spiro atoms. The molecule has 1 aliphatic rings. The number of aryl methyl sites for hydroxylation is 1. The Kier molecular flexibility index (Phi) is 5.20. The monoisotopic (exact) mass is 303 g/mol. The standard InChI is InChI=1S/C12H17N3O2S.ClH/c1-9-5-10(8-12-13-3-4-14-12)7-11(6-9)15-18(2,16)17;/h5-7,15H,3-4,8H2,1-2H3,(H,13,14);1H. The van der Waals surface area contributed by atoms with Crippen molar-refractivity contribution in [1.29, 1.82) is 0 Å². The van der Waals surface area contributed by atoms with E-state index in [1.807, 2.05) is 25.1 Å². The summed E-state index contributed by atoms with van der Waals surface area (Å²) in [5.74, 6) is 0.964. The minimum atomic E-state index is -3.23. The summed E-state index contributed by atoms with van der Waals surface area (Å²) < 4.78 is 24.9. The van der Waals surface area contributed by atoms with Gasteiger partial charge in [-0.2, -0.15) is 0 Å². The Morgan fingerprint density at radius 1 is 1.37 bits per heavy atom. The van der Waals surface area contributed by atoms with Gasteiger partial charge in [0.25, 0.3) is 0 Å². The minimum Gasteiger partial charge on any atom is -0.372 e. The van der Waals surface area contributed by atoms with E-state index in [2.05, 4.69) is 15.0 Å². The van der Waals surface area contributed by atoms with Crippen LogP contribution in [0.2, 0.25) is 0 Å². The van der Waals surface area contributed by atoms with E-state index in [0.29, 0.717) is 12.1 Å². The molecule has 2 N–H and O–H groups in total. The van der Waals surface area contributed by atoms with E-state index in [0.717, 1.165) is 36.3 Å². The Labute approximate surface area is 120 Å². The molecule has 7 heteroatoms. The summed E-state index contributed by atoms with van der Waals surface area (Å²) in [7, 11) is -3.23. The molecule has 2 rings (SSSR count). The van der Waals surface area contributed by atoms with Crippen molar-refractivity contribution in [1.82, 2.24) is 5.32 Å². The molecule has 0 aliphatic carbocycles. The number of hydrogen-bond acceptors (Lipinski definition) is 4. The molecule has 5 nitrogen and oxygen atoms in total. The van der Waals surface area contributed by atoms with E-state index in [1.54, 1.807) is 0 Å². The summed E-state index contributed by atoms with van der Waals surface area (Å²) in [4.78, 5) is 4.33. The lowest BCUT2D eigenvalue weighted by atomic mass is 10.1. The zero-order valence-electron chi connectivity index (χ0n) is 10.9. The van der Waals surface area contributed by atoms with Crippen LogP contribution in [0.15, 0.2) is 23.2 Å². The summed E-state index contributed by atoms with van der Waals surface area (Å²) in [6.07, 6.45) is 1.86. The second-order valence-electron chi connectivity index (χ2n) is 4.51. The maximum atomic E-state index is 11.2. The fourth-order valence-corrected chi connectivity index (χ4v) is 2.54. The van der Waals surface area contributed by atoms with Crippen molar-refractivity contribution in [3.8, 4) is 0 Å². The molecule has 0 atom stereocenters. The van der Waals surface area contributed by atoms with Crippen LogP contribution < -0.4 is 10.0 Å². The van der Waals surface area contributed by atoms with E-state index in [1.165, 1.54) is 0 Å². The third-order valence-corrected chi connectivity index (χ3v) is 3.16. The van der Waals surface area contributed by atoms with E-state index in [9.17, 15) is 8.42 Å². The van der Waals surface area contributed by atoms with Gasteiger partial charge in [0.2, 0.25) is 10.0 Å². The number of benzene rings is 1. The molecule has 1 heterocycles. The first-order valence-corrected chi connectivity index (χ1v) is 7.67. The van der Waals surface area contributed by atoms with Crippen molar-refractivity contribution in [2.75, 3.05) is 24.1 Å². The highest BCUT2D eigenvalue weighted by atomic mass is 35.5. The normalized spacial score (nSPS) is 14.3. The fraction of sp³-hybridized carbons (Fsp3) is 0.417. The van der Waals surface area contributed by atoms with Crippen LogP contribution in [0.25, 0.3) is 0 Å². The second kappa shape index (κ2) is 6.25. The van der Waals surface area contributed by atoms with Gasteiger partial charge in [-0.05, 0) is 30.2 Å². The van der Waals surface area contributed by atoms with Crippen molar-refractivity contribution in [2.45, 2.75) is 13.3 Å². The Bertz CT molecular complexity index is 585. The molecular weight excluding hydrogens is 286 g/mol. The molecule has 0 saturated heterocycles. The highest BCUT2D eigenvalue weighted by Gasteiger charge is 2.08. The van der Waals surface area contributed by atoms with Gasteiger partial charge in [-0.3, -0.25) is 9.71 Å². The van der Waals surface area contributed by atoms with Gasteiger partial charge in [0.15, 0.2) is 0 Å². The van der Waals surface area contributed by atoms with Crippen LogP contribution in [0.4, 0.5) is 5.69 Å². The number of anilines is 1. The van der Waals surface area contributed by atoms with E-state index in [4.69, 9.17) is 0 Å². The number of amidine groups is 1. The molecule has 0 saturated carbocycles. The zero-order chi connectivity index (χ0) is 13.2. The van der Waals surface area contributed by atoms with Gasteiger partial charge in [-0.25, -0.2) is 8.42 Å². The predicted octanol–water partition coefficient (Wildman–Crippen LogP) is 1.33. The summed E-state index contributed by atoms with van der Waals surface area (Å²) in [6.45, 7) is 3.64. The van der Waals surface area contributed by atoms with Crippen LogP contribution in [-0.4, -0.2) is 33.6 Å². The number of halogens is 1. The van der Waals surface area contributed by atoms with Crippen LogP contribution >= 0.6 is 12.4 Å². The van der Waals surface area contributed by atoms with Gasteiger partial charge >= 0.3 is 0 Å². The first-order chi connectivity index (χ1) is 8.42. The molecule has 1 aromatic rings. The van der Waals surface area contributed by atoms with Gasteiger partial charge < -0.3 is 5.32 Å². The maximum Gasteiger partial charge on any atom is 0.229 e. The average molecular weight is 304 g/mol. The molecule has 106 valence electrons. The lowest BCUT2D eigenvalue weighted by Gasteiger charge is -2.09. The maximum absolute atomic E-state index is 11.2. The first-order valence-electron chi connectivity index (χ1n) is 5.78. The van der Waals surface area contributed by atoms with Gasteiger partial charge in [0.05, 0.1) is 12.8 Å². The lowest BCUT2D eigenvalue weighted by Crippen LogP contribution is -2.20. The Balaban J connectivity index is 0.00000180. The van der Waals surface area contributed by atoms with E-state index >= 15 is 0 Å². The molecule has 0 amide bonds. The molecule has 0 radical (unpaired) electrons. The lowest BCUT2D eigenvalue weighted by molar-refractivity contribution is 0.607. The molecule has 0 unspecified atom stereocenters. The summed E-state index contributed by atoms with van der Waals surface area (Å²) >= 11 is 0. The predicted molar refractivity (Wildman–Crippen MR) is 80.9 cm³/mol. The van der Waals surface area contributed by atoms with Crippen molar-refractivity contribution in [3.63, 3.8) is 0 Å². The van der Waals surface area contributed by atoms with E-state index in [-0.39, 0.29) is 12.4 Å². The second-order valence-corrected chi connectivity index (χ2v) is 6.26. The number of nitrogens with zero attached hydrogens (tertiary/aromatic N) is 1. The summed E-state index contributed by atoms with van der Waals surface area (Å²) in [5.41, 5.74) is 2.68. The SMILES string of the molecule is Cc1cc(CC2=NCCN2)cc(NS(C)(=O)=O)c1.Cl. The average Bonchev–Trinajstić information content (AvgIpc) is 2.66. The largest absolute Gasteiger partial charge is 0.372 e. The fourth-order valence-electron chi connectivity index (χ4n) is 2.00. The van der Waals surface area contributed by atoms with Crippen LogP contribution in [0.3, 0.4) is 0 Å². The molecule has 19 heavy (non-hydrogen) atoms. The van der Waals surface area contributed by atoms with Crippen molar-refractivity contribution < 1.29 is 8.42 Å². The number of nitrogens with one attached hydrogen (secondary N) is 2. The van der Waals surface area contributed by atoms with Gasteiger partial charge in [-0.15, -0.1) is 12.4 Å². The van der Waals surface area contributed by atoms with Crippen LogP contribution in [0, 0.1) is 6.92 Å². The third kappa shape index (κ3) is 5.08. The summed E-state index contributed by atoms with van der Waals surface area (Å²) in [6, 6.07) is 5.70. The number of rotatable bonds is 4. The van der Waals surface area contributed by atoms with Crippen LogP contribution in [-0.2, 0) is 16.4 Å². The van der Waals surface area contributed by atoms with Crippen molar-refractivity contribution in [3.05, 3.63) is 29.3 Å². The van der Waals surface area contributed by atoms with Crippen molar-refractivity contribution in [2.24, 2.45) is 4.99 Å². The van der Waals surface area contributed by atoms with Gasteiger partial charge in [0.1, 0.15) is 5.84 Å². The molecule has 1 aromatic carbocycles. The third-order valence-electron chi connectivity index (χ3n) is 2.56. The highest BCUT2D eigenvalue weighted by molar-refractivity contribution is 7.92. The smallest absolute Gasteiger partial charge is 0.229 e. The van der Waals surface area contributed by atoms with Crippen LogP contribution in [0.5, 0.6) is 0 Å². The number of hydrogen-bond donors (Lipinski definition) is 2. The molecule has 0 bridgehead atoms. The summed E-state index contributed by atoms with van der Waals surface area (Å²) in [5, 5.41) is 3.20. The van der Waals surface area contributed by atoms with Crippen LogP contribution in [0.1, 0.15) is 11.1 Å². The minimum absolute atomic E-state index is 0. The van der Waals surface area contributed by atoms with Gasteiger partial charge in [-0.1, -0.05) is 6.07 Å². The van der Waals surface area contributed by atoms with E-state index < -0.39 is 10.0 Å². The Hall–Kier alpha value is -1.27. The number of aliphatic imine (C=N–C) groups is 1. The number of sulfonamides is 1. The zero-order valence-corrected chi connectivity index (χ0v) is 12.6. The first kappa shape index (κ1) is 15.8. The topological polar surface area (TPSA) is 70.6 Å². The Morgan fingerprint density at radius 3 is 2.68 bits per heavy atom. The Morgan fingerprint density at radius 2 is 2.11 bits per heavy atom. The molecule has 1 aliphatic heterocycles. The van der Waals surface area contributed by atoms with Crippen molar-refractivity contribution >= 4 is 34.0 Å².